The lowest BCUT2D eigenvalue weighted by Crippen LogP contribution is -2.26. The summed E-state index contributed by atoms with van der Waals surface area (Å²) in [5, 5.41) is 18.3. The summed E-state index contributed by atoms with van der Waals surface area (Å²) in [6, 6.07) is 1.85. The van der Waals surface area contributed by atoms with Crippen LogP contribution in [-0.2, 0) is 4.79 Å². The summed E-state index contributed by atoms with van der Waals surface area (Å²) in [6.45, 7) is 4.89. The molecule has 0 radical (unpaired) electrons. The van der Waals surface area contributed by atoms with Crippen molar-refractivity contribution in [3.63, 3.8) is 0 Å². The maximum atomic E-state index is 10.1. The van der Waals surface area contributed by atoms with E-state index < -0.39 is 5.97 Å². The second-order valence-corrected chi connectivity index (χ2v) is 2.08. The van der Waals surface area contributed by atoms with Crippen LogP contribution < -0.4 is 5.11 Å². The van der Waals surface area contributed by atoms with Gasteiger partial charge in [-0.15, -0.1) is 0 Å². The summed E-state index contributed by atoms with van der Waals surface area (Å²) in [4.78, 5) is 10.1. The molecule has 0 aliphatic carbocycles. The third-order valence-corrected chi connectivity index (χ3v) is 1.25. The molecule has 3 heteroatoms. The van der Waals surface area contributed by atoms with Gasteiger partial charge in [0.25, 0.3) is 0 Å². The van der Waals surface area contributed by atoms with Gasteiger partial charge in [-0.25, -0.2) is 0 Å². The summed E-state index contributed by atoms with van der Waals surface area (Å²) >= 11 is 0. The average molecular weight is 138 g/mol. The van der Waals surface area contributed by atoms with Crippen LogP contribution in [0.15, 0.2) is 12.2 Å². The molecule has 0 fully saturated rings. The van der Waals surface area contributed by atoms with Crippen molar-refractivity contribution in [2.75, 3.05) is 0 Å². The van der Waals surface area contributed by atoms with E-state index in [0.29, 0.717) is 0 Å². The first-order valence-electron chi connectivity index (χ1n) is 2.86. The third-order valence-electron chi connectivity index (χ3n) is 1.25. The van der Waals surface area contributed by atoms with Crippen LogP contribution in [0, 0.1) is 17.2 Å². The first kappa shape index (κ1) is 8.70. The molecule has 0 amide bonds. The van der Waals surface area contributed by atoms with Crippen molar-refractivity contribution in [3.8, 4) is 6.07 Å². The highest BCUT2D eigenvalue weighted by Crippen LogP contribution is 2.10. The number of nitrogens with zero attached hydrogens (tertiary/aromatic N) is 1. The molecule has 0 aliphatic rings. The molecule has 0 saturated carbocycles. The third kappa shape index (κ3) is 2.31. The van der Waals surface area contributed by atoms with Crippen molar-refractivity contribution in [1.29, 1.82) is 5.26 Å². The van der Waals surface area contributed by atoms with Crippen LogP contribution in [0.3, 0.4) is 0 Å². The minimum absolute atomic E-state index is 0.0125. The number of carboxylic acid groups (broad SMARTS) is 1. The van der Waals surface area contributed by atoms with Gasteiger partial charge in [-0.2, -0.15) is 5.26 Å². The van der Waals surface area contributed by atoms with Crippen LogP contribution in [-0.4, -0.2) is 5.97 Å². The quantitative estimate of drug-likeness (QED) is 0.509. The summed E-state index contributed by atoms with van der Waals surface area (Å²) < 4.78 is 0. The highest BCUT2D eigenvalue weighted by atomic mass is 16.4. The van der Waals surface area contributed by atoms with Crippen LogP contribution in [0.1, 0.15) is 13.3 Å². The summed E-state index contributed by atoms with van der Waals surface area (Å²) in [6.07, 6.45) is 0.173. The van der Waals surface area contributed by atoms with Crippen LogP contribution in [0.4, 0.5) is 0 Å². The number of carbonyl (C=O) groups is 1. The zero-order chi connectivity index (χ0) is 8.15. The Labute approximate surface area is 59.6 Å². The van der Waals surface area contributed by atoms with E-state index in [1.54, 1.807) is 6.92 Å². The van der Waals surface area contributed by atoms with Crippen LogP contribution in [0.25, 0.3) is 0 Å². The van der Waals surface area contributed by atoms with Crippen LogP contribution >= 0.6 is 0 Å². The SMILES string of the molecule is C=C(C(=O)[O-])C(C)CC#N. The predicted octanol–water partition coefficient (Wildman–Crippen LogP) is -0.158. The average Bonchev–Trinajstić information content (AvgIpc) is 1.87. The Morgan fingerprint density at radius 1 is 1.90 bits per heavy atom. The second-order valence-electron chi connectivity index (χ2n) is 2.08. The Morgan fingerprint density at radius 2 is 2.40 bits per heavy atom. The highest BCUT2D eigenvalue weighted by Gasteiger charge is 2.05. The van der Waals surface area contributed by atoms with E-state index in [-0.39, 0.29) is 17.9 Å². The molecule has 0 rings (SSSR count). The number of carbonyl (C=O) groups excluding carboxylic acids is 1. The van der Waals surface area contributed by atoms with Crippen LogP contribution in [0.5, 0.6) is 0 Å². The van der Waals surface area contributed by atoms with Crippen molar-refractivity contribution in [3.05, 3.63) is 12.2 Å². The minimum atomic E-state index is -1.28. The van der Waals surface area contributed by atoms with Gasteiger partial charge < -0.3 is 9.90 Å². The van der Waals surface area contributed by atoms with Gasteiger partial charge in [0, 0.05) is 6.42 Å². The molecular weight excluding hydrogens is 130 g/mol. The zero-order valence-electron chi connectivity index (χ0n) is 5.76. The van der Waals surface area contributed by atoms with E-state index in [2.05, 4.69) is 6.58 Å². The molecule has 54 valence electrons. The van der Waals surface area contributed by atoms with E-state index in [9.17, 15) is 9.90 Å². The van der Waals surface area contributed by atoms with E-state index in [1.165, 1.54) is 0 Å². The van der Waals surface area contributed by atoms with Crippen molar-refractivity contribution < 1.29 is 9.90 Å². The number of hydrogen-bond donors (Lipinski definition) is 0. The predicted molar refractivity (Wildman–Crippen MR) is 33.5 cm³/mol. The van der Waals surface area contributed by atoms with E-state index >= 15 is 0 Å². The molecule has 0 N–H and O–H groups in total. The molecule has 10 heavy (non-hydrogen) atoms. The lowest BCUT2D eigenvalue weighted by Gasteiger charge is -2.10. The molecule has 0 aromatic heterocycles. The normalized spacial score (nSPS) is 11.6. The minimum Gasteiger partial charge on any atom is -0.545 e. The lowest BCUT2D eigenvalue weighted by molar-refractivity contribution is -0.299. The number of carboxylic acids is 1. The van der Waals surface area contributed by atoms with Gasteiger partial charge in [0.2, 0.25) is 0 Å². The first-order valence-corrected chi connectivity index (χ1v) is 2.86. The summed E-state index contributed by atoms with van der Waals surface area (Å²) in [5.41, 5.74) is -0.0125. The molecular formula is C7H8NO2-. The summed E-state index contributed by atoms with van der Waals surface area (Å²) in [5.74, 6) is -1.59. The van der Waals surface area contributed by atoms with Gasteiger partial charge in [0.1, 0.15) is 0 Å². The molecule has 0 heterocycles. The van der Waals surface area contributed by atoms with Crippen molar-refractivity contribution in [2.45, 2.75) is 13.3 Å². The Hall–Kier alpha value is -1.30. The van der Waals surface area contributed by atoms with Gasteiger partial charge in [0.05, 0.1) is 12.0 Å². The molecule has 0 aliphatic heterocycles. The molecule has 0 aromatic carbocycles. The van der Waals surface area contributed by atoms with E-state index in [1.807, 2.05) is 6.07 Å². The molecule has 1 atom stereocenters. The maximum absolute atomic E-state index is 10.1. The fourth-order valence-electron chi connectivity index (χ4n) is 0.461. The fraction of sp³-hybridized carbons (Fsp3) is 0.429. The Morgan fingerprint density at radius 3 is 2.70 bits per heavy atom. The van der Waals surface area contributed by atoms with Gasteiger partial charge in [-0.05, 0) is 11.5 Å². The molecule has 0 spiro atoms. The van der Waals surface area contributed by atoms with E-state index in [0.717, 1.165) is 0 Å². The standard InChI is InChI=1S/C7H9NO2/c1-5(3-4-8)6(2)7(9)10/h5H,2-3H2,1H3,(H,9,10)/p-1. The van der Waals surface area contributed by atoms with Crippen LogP contribution in [0.2, 0.25) is 0 Å². The lowest BCUT2D eigenvalue weighted by atomic mass is 10.0. The van der Waals surface area contributed by atoms with Crippen molar-refractivity contribution in [1.82, 2.24) is 0 Å². The summed E-state index contributed by atoms with van der Waals surface area (Å²) in [7, 11) is 0. The maximum Gasteiger partial charge on any atom is 0.0672 e. The molecule has 0 aromatic rings. The Balaban J connectivity index is 3.98. The number of aliphatic carboxylic acids is 1. The number of nitriles is 1. The number of hydrogen-bond acceptors (Lipinski definition) is 3. The molecule has 1 unspecified atom stereocenters. The van der Waals surface area contributed by atoms with Gasteiger partial charge in [0.15, 0.2) is 0 Å². The van der Waals surface area contributed by atoms with Gasteiger partial charge in [-0.3, -0.25) is 0 Å². The fourth-order valence-corrected chi connectivity index (χ4v) is 0.461. The largest absolute Gasteiger partial charge is 0.545 e. The van der Waals surface area contributed by atoms with Crippen molar-refractivity contribution >= 4 is 5.97 Å². The molecule has 0 saturated heterocycles. The molecule has 0 bridgehead atoms. The Bertz CT molecular complexity index is 190. The van der Waals surface area contributed by atoms with E-state index in [4.69, 9.17) is 5.26 Å². The van der Waals surface area contributed by atoms with Gasteiger partial charge >= 0.3 is 0 Å². The highest BCUT2D eigenvalue weighted by molar-refractivity contribution is 5.84. The zero-order valence-corrected chi connectivity index (χ0v) is 5.76. The first-order chi connectivity index (χ1) is 4.59. The number of rotatable bonds is 3. The monoisotopic (exact) mass is 138 g/mol. The topological polar surface area (TPSA) is 63.9 Å². The van der Waals surface area contributed by atoms with Crippen molar-refractivity contribution in [2.24, 2.45) is 5.92 Å². The second kappa shape index (κ2) is 3.67. The smallest absolute Gasteiger partial charge is 0.0672 e. The van der Waals surface area contributed by atoms with Gasteiger partial charge in [-0.1, -0.05) is 13.5 Å². The molecule has 3 nitrogen and oxygen atoms in total. The Kier molecular flexibility index (Phi) is 3.20.